The van der Waals surface area contributed by atoms with Gasteiger partial charge in [0, 0.05) is 42.6 Å². The molecular weight excluding hydrogens is 443 g/mol. The second-order valence-electron chi connectivity index (χ2n) is 9.18. The molecule has 2 saturated heterocycles. The van der Waals surface area contributed by atoms with E-state index in [1.165, 1.54) is 18.3 Å². The number of hydrogen-bond acceptors (Lipinski definition) is 7. The number of alkyl halides is 1. The van der Waals surface area contributed by atoms with Gasteiger partial charge < -0.3 is 15.5 Å². The quantitative estimate of drug-likeness (QED) is 0.444. The number of pyridine rings is 1. The first-order valence-corrected chi connectivity index (χ1v) is 11.8. The van der Waals surface area contributed by atoms with Crippen molar-refractivity contribution in [3.63, 3.8) is 0 Å². The number of halogens is 1. The summed E-state index contributed by atoms with van der Waals surface area (Å²) >= 11 is 0. The van der Waals surface area contributed by atoms with Crippen LogP contribution in [0.5, 0.6) is 0 Å². The fourth-order valence-corrected chi connectivity index (χ4v) is 5.19. The molecule has 5 heterocycles. The highest BCUT2D eigenvalue weighted by Crippen LogP contribution is 2.31. The third-order valence-electron chi connectivity index (χ3n) is 7.04. The number of fused-ring (bicyclic) bond motifs is 3. The molecule has 3 atom stereocenters. The van der Waals surface area contributed by atoms with Crippen molar-refractivity contribution in [2.24, 2.45) is 0 Å². The fraction of sp³-hybridized carbons (Fsp3) is 0.308. The van der Waals surface area contributed by atoms with E-state index in [9.17, 15) is 9.65 Å². The van der Waals surface area contributed by atoms with E-state index in [0.717, 1.165) is 18.7 Å². The largest absolute Gasteiger partial charge is 0.366 e. The zero-order valence-electron chi connectivity index (χ0n) is 19.3. The highest BCUT2D eigenvalue weighted by atomic mass is 19.1. The Labute approximate surface area is 202 Å². The summed E-state index contributed by atoms with van der Waals surface area (Å²) in [5.41, 5.74) is 4.77. The molecule has 2 fully saturated rings. The molecule has 0 unspecified atom stereocenters. The van der Waals surface area contributed by atoms with E-state index in [1.54, 1.807) is 28.9 Å². The van der Waals surface area contributed by atoms with Crippen LogP contribution in [0.2, 0.25) is 0 Å². The second kappa shape index (κ2) is 8.64. The third kappa shape index (κ3) is 3.76. The fourth-order valence-electron chi connectivity index (χ4n) is 5.19. The van der Waals surface area contributed by atoms with Crippen molar-refractivity contribution in [3.8, 4) is 17.5 Å². The van der Waals surface area contributed by atoms with Gasteiger partial charge in [-0.25, -0.2) is 19.3 Å². The van der Waals surface area contributed by atoms with Crippen molar-refractivity contribution in [2.75, 3.05) is 23.3 Å². The number of rotatable bonds is 6. The van der Waals surface area contributed by atoms with E-state index in [-0.39, 0.29) is 6.04 Å². The minimum Gasteiger partial charge on any atom is -0.366 e. The number of piperazine rings is 1. The minimum atomic E-state index is -0.616. The van der Waals surface area contributed by atoms with Crippen molar-refractivity contribution in [1.29, 1.82) is 5.26 Å². The van der Waals surface area contributed by atoms with Gasteiger partial charge >= 0.3 is 0 Å². The van der Waals surface area contributed by atoms with Crippen LogP contribution in [0.15, 0.2) is 55.0 Å². The predicted octanol–water partition coefficient (Wildman–Crippen LogP) is 3.86. The van der Waals surface area contributed by atoms with Gasteiger partial charge in [0.25, 0.3) is 0 Å². The Morgan fingerprint density at radius 2 is 2.09 bits per heavy atom. The number of nitrogens with one attached hydrogen (secondary N) is 2. The SMILES string of the molecule is C[C@H](Nc1ncc(C#N)c(-c2cnc3c(CF)cccn23)n1)c1ccc(N2C[C@@H]3C[C@H]2CN3)cc1. The Morgan fingerprint density at radius 3 is 2.80 bits per heavy atom. The normalized spacial score (nSPS) is 19.7. The number of benzene rings is 1. The molecule has 0 amide bonds. The first-order valence-electron chi connectivity index (χ1n) is 11.8. The van der Waals surface area contributed by atoms with Crippen LogP contribution in [0.3, 0.4) is 0 Å². The minimum absolute atomic E-state index is 0.0399. The monoisotopic (exact) mass is 468 g/mol. The van der Waals surface area contributed by atoms with Gasteiger partial charge in [-0.1, -0.05) is 18.2 Å². The molecule has 2 aliphatic rings. The molecule has 8 nitrogen and oxygen atoms in total. The Bertz CT molecular complexity index is 1420. The summed E-state index contributed by atoms with van der Waals surface area (Å²) in [6.07, 6.45) is 6.14. The molecule has 1 aromatic carbocycles. The standard InChI is InChI=1S/C26H25FN8/c1-16(17-4-6-21(7-5-17)35-15-20-9-22(35)13-29-20)32-26-31-12-19(11-28)24(33-26)23-14-30-25-18(10-27)3-2-8-34(23)25/h2-8,12,14,16,20,22,29H,9-10,13,15H2,1H3,(H,31,32,33)/t16-,20-,22-/m0/s1. The maximum Gasteiger partial charge on any atom is 0.223 e. The molecule has 2 aliphatic heterocycles. The molecule has 4 aromatic rings. The smallest absolute Gasteiger partial charge is 0.223 e. The molecule has 2 bridgehead atoms. The van der Waals surface area contributed by atoms with E-state index < -0.39 is 6.67 Å². The molecule has 0 radical (unpaired) electrons. The molecule has 176 valence electrons. The zero-order chi connectivity index (χ0) is 23.9. The third-order valence-corrected chi connectivity index (χ3v) is 7.04. The number of imidazole rings is 1. The van der Waals surface area contributed by atoms with Crippen LogP contribution in [0.25, 0.3) is 17.0 Å². The lowest BCUT2D eigenvalue weighted by Crippen LogP contribution is -2.43. The number of nitriles is 1. The zero-order valence-corrected chi connectivity index (χ0v) is 19.3. The van der Waals surface area contributed by atoms with Crippen molar-refractivity contribution in [1.82, 2.24) is 24.7 Å². The predicted molar refractivity (Wildman–Crippen MR) is 132 cm³/mol. The van der Waals surface area contributed by atoms with Crippen LogP contribution in [0.4, 0.5) is 16.0 Å². The molecule has 35 heavy (non-hydrogen) atoms. The highest BCUT2D eigenvalue weighted by Gasteiger charge is 2.37. The van der Waals surface area contributed by atoms with E-state index >= 15 is 0 Å². The van der Waals surface area contributed by atoms with Gasteiger partial charge in [-0.15, -0.1) is 0 Å². The first kappa shape index (κ1) is 21.5. The van der Waals surface area contributed by atoms with Crippen molar-refractivity contribution < 1.29 is 4.39 Å². The van der Waals surface area contributed by atoms with Crippen LogP contribution in [-0.4, -0.2) is 44.5 Å². The molecule has 3 aromatic heterocycles. The van der Waals surface area contributed by atoms with E-state index in [0.29, 0.717) is 46.2 Å². The molecule has 2 N–H and O–H groups in total. The number of hydrogen-bond donors (Lipinski definition) is 2. The summed E-state index contributed by atoms with van der Waals surface area (Å²) in [6.45, 7) is 3.56. The van der Waals surface area contributed by atoms with Crippen LogP contribution < -0.4 is 15.5 Å². The lowest BCUT2D eigenvalue weighted by Gasteiger charge is -2.29. The summed E-state index contributed by atoms with van der Waals surface area (Å²) in [7, 11) is 0. The number of aromatic nitrogens is 4. The van der Waals surface area contributed by atoms with Crippen LogP contribution in [0.1, 0.15) is 36.1 Å². The molecule has 0 saturated carbocycles. The average molecular weight is 469 g/mol. The van der Waals surface area contributed by atoms with Crippen LogP contribution >= 0.6 is 0 Å². The second-order valence-corrected chi connectivity index (χ2v) is 9.18. The van der Waals surface area contributed by atoms with Crippen molar-refractivity contribution in [3.05, 3.63) is 71.7 Å². The molecule has 0 aliphatic carbocycles. The first-order chi connectivity index (χ1) is 17.1. The van der Waals surface area contributed by atoms with E-state index in [1.807, 2.05) is 0 Å². The van der Waals surface area contributed by atoms with E-state index in [2.05, 4.69) is 67.7 Å². The lowest BCUT2D eigenvalue weighted by atomic mass is 10.1. The topological polar surface area (TPSA) is 94.2 Å². The van der Waals surface area contributed by atoms with Gasteiger partial charge in [-0.2, -0.15) is 5.26 Å². The van der Waals surface area contributed by atoms with Gasteiger partial charge in [0.1, 0.15) is 24.1 Å². The highest BCUT2D eigenvalue weighted by molar-refractivity contribution is 5.68. The average Bonchev–Trinajstić information content (AvgIpc) is 3.64. The van der Waals surface area contributed by atoms with Gasteiger partial charge in [-0.3, -0.25) is 4.40 Å². The Hall–Kier alpha value is -4.03. The Balaban J connectivity index is 1.25. The molecular formula is C26H25FN8. The number of nitrogens with zero attached hydrogens (tertiary/aromatic N) is 6. The van der Waals surface area contributed by atoms with Crippen LogP contribution in [-0.2, 0) is 6.67 Å². The Morgan fingerprint density at radius 1 is 1.23 bits per heavy atom. The summed E-state index contributed by atoms with van der Waals surface area (Å²) in [5, 5.41) is 16.5. The molecule has 0 spiro atoms. The van der Waals surface area contributed by atoms with Crippen molar-refractivity contribution in [2.45, 2.75) is 38.1 Å². The molecule has 6 rings (SSSR count). The summed E-state index contributed by atoms with van der Waals surface area (Å²) < 4.78 is 15.1. The van der Waals surface area contributed by atoms with E-state index in [4.69, 9.17) is 0 Å². The summed E-state index contributed by atoms with van der Waals surface area (Å²) in [5.74, 6) is 0.412. The van der Waals surface area contributed by atoms with Crippen LogP contribution in [0, 0.1) is 11.3 Å². The van der Waals surface area contributed by atoms with Crippen molar-refractivity contribution >= 4 is 17.3 Å². The summed E-state index contributed by atoms with van der Waals surface area (Å²) in [6, 6.07) is 15.4. The molecule has 9 heteroatoms. The lowest BCUT2D eigenvalue weighted by molar-refractivity contribution is 0.486. The number of anilines is 2. The Kier molecular flexibility index (Phi) is 5.30. The maximum atomic E-state index is 13.4. The van der Waals surface area contributed by atoms with Gasteiger partial charge in [0.2, 0.25) is 5.95 Å². The maximum absolute atomic E-state index is 13.4. The summed E-state index contributed by atoms with van der Waals surface area (Å²) in [4.78, 5) is 15.9. The van der Waals surface area contributed by atoms with Gasteiger partial charge in [0.15, 0.2) is 0 Å². The van der Waals surface area contributed by atoms with Gasteiger partial charge in [0.05, 0.1) is 29.7 Å². The van der Waals surface area contributed by atoms with Gasteiger partial charge in [-0.05, 0) is 37.1 Å².